The highest BCUT2D eigenvalue weighted by Gasteiger charge is 1.97. The van der Waals surface area contributed by atoms with Gasteiger partial charge in [-0.1, -0.05) is 0 Å². The maximum Gasteiger partial charge on any atom is 0.132 e. The SMILES string of the molecule is COc1ccc(N)c(I)c1.COc1ccc(N)cc1I. The smallest absolute Gasteiger partial charge is 0.132 e. The number of benzene rings is 2. The van der Waals surface area contributed by atoms with Crippen LogP contribution in [-0.4, -0.2) is 14.2 Å². The third-order valence-electron chi connectivity index (χ3n) is 2.38. The zero-order valence-electron chi connectivity index (χ0n) is 11.2. The molecular formula is C14H16I2N2O2. The van der Waals surface area contributed by atoms with Crippen LogP contribution in [0.3, 0.4) is 0 Å². The van der Waals surface area contributed by atoms with Gasteiger partial charge in [0.2, 0.25) is 0 Å². The van der Waals surface area contributed by atoms with Crippen LogP contribution in [0.1, 0.15) is 0 Å². The first-order chi connectivity index (χ1) is 9.47. The van der Waals surface area contributed by atoms with E-state index >= 15 is 0 Å². The van der Waals surface area contributed by atoms with E-state index in [0.717, 1.165) is 30.0 Å². The van der Waals surface area contributed by atoms with Gasteiger partial charge < -0.3 is 20.9 Å². The number of ether oxygens (including phenoxy) is 2. The summed E-state index contributed by atoms with van der Waals surface area (Å²) in [6, 6.07) is 11.1. The van der Waals surface area contributed by atoms with Gasteiger partial charge in [0.25, 0.3) is 0 Å². The van der Waals surface area contributed by atoms with Crippen molar-refractivity contribution in [1.82, 2.24) is 0 Å². The second kappa shape index (κ2) is 8.40. The Morgan fingerprint density at radius 2 is 1.55 bits per heavy atom. The monoisotopic (exact) mass is 498 g/mol. The second-order valence-electron chi connectivity index (χ2n) is 3.78. The first-order valence-electron chi connectivity index (χ1n) is 5.66. The molecule has 108 valence electrons. The summed E-state index contributed by atoms with van der Waals surface area (Å²) in [5.41, 5.74) is 12.7. The van der Waals surface area contributed by atoms with Crippen molar-refractivity contribution in [3.8, 4) is 11.5 Å². The molecule has 0 fully saturated rings. The largest absolute Gasteiger partial charge is 0.497 e. The van der Waals surface area contributed by atoms with E-state index in [1.54, 1.807) is 14.2 Å². The van der Waals surface area contributed by atoms with Crippen LogP contribution in [0.15, 0.2) is 36.4 Å². The summed E-state index contributed by atoms with van der Waals surface area (Å²) < 4.78 is 12.1. The molecule has 2 rings (SSSR count). The van der Waals surface area contributed by atoms with Gasteiger partial charge >= 0.3 is 0 Å². The van der Waals surface area contributed by atoms with E-state index in [1.807, 2.05) is 36.4 Å². The Morgan fingerprint density at radius 3 is 2.05 bits per heavy atom. The van der Waals surface area contributed by atoms with E-state index in [9.17, 15) is 0 Å². The summed E-state index contributed by atoms with van der Waals surface area (Å²) >= 11 is 4.35. The van der Waals surface area contributed by atoms with Gasteiger partial charge in [-0.25, -0.2) is 0 Å². The zero-order valence-corrected chi connectivity index (χ0v) is 15.5. The Kier molecular flexibility index (Phi) is 7.20. The maximum atomic E-state index is 5.58. The Morgan fingerprint density at radius 1 is 0.850 bits per heavy atom. The van der Waals surface area contributed by atoms with Crippen LogP contribution >= 0.6 is 45.2 Å². The summed E-state index contributed by atoms with van der Waals surface area (Å²) in [5, 5.41) is 0. The van der Waals surface area contributed by atoms with Crippen LogP contribution in [0.2, 0.25) is 0 Å². The average Bonchev–Trinajstić information content (AvgIpc) is 2.43. The highest BCUT2D eigenvalue weighted by atomic mass is 127. The zero-order chi connectivity index (χ0) is 15.1. The van der Waals surface area contributed by atoms with Crippen LogP contribution in [0.5, 0.6) is 11.5 Å². The molecule has 0 bridgehead atoms. The average molecular weight is 498 g/mol. The Bertz CT molecular complexity index is 577. The molecule has 4 N–H and O–H groups in total. The van der Waals surface area contributed by atoms with Crippen molar-refractivity contribution in [3.05, 3.63) is 43.5 Å². The third kappa shape index (κ3) is 5.23. The molecule has 2 aromatic rings. The molecule has 0 aliphatic heterocycles. The quantitative estimate of drug-likeness (QED) is 0.489. The predicted molar refractivity (Wildman–Crippen MR) is 100 cm³/mol. The van der Waals surface area contributed by atoms with E-state index in [0.29, 0.717) is 0 Å². The summed E-state index contributed by atoms with van der Waals surface area (Å²) in [6.45, 7) is 0. The molecule has 4 nitrogen and oxygen atoms in total. The number of nitrogen functional groups attached to an aromatic ring is 2. The van der Waals surface area contributed by atoms with Gasteiger partial charge in [0.05, 0.1) is 17.8 Å². The molecule has 0 aliphatic rings. The second-order valence-corrected chi connectivity index (χ2v) is 6.11. The van der Waals surface area contributed by atoms with Crippen molar-refractivity contribution < 1.29 is 9.47 Å². The molecule has 0 saturated heterocycles. The topological polar surface area (TPSA) is 70.5 Å². The molecule has 0 spiro atoms. The molecule has 20 heavy (non-hydrogen) atoms. The first kappa shape index (κ1) is 17.2. The molecule has 0 saturated carbocycles. The lowest BCUT2D eigenvalue weighted by atomic mass is 10.3. The maximum absolute atomic E-state index is 5.58. The highest BCUT2D eigenvalue weighted by Crippen LogP contribution is 2.22. The molecule has 0 radical (unpaired) electrons. The number of methoxy groups -OCH3 is 2. The first-order valence-corrected chi connectivity index (χ1v) is 7.81. The van der Waals surface area contributed by atoms with E-state index in [2.05, 4.69) is 45.2 Å². The number of anilines is 2. The van der Waals surface area contributed by atoms with E-state index in [4.69, 9.17) is 20.9 Å². The normalized spacial score (nSPS) is 9.40. The molecule has 0 aromatic heterocycles. The minimum Gasteiger partial charge on any atom is -0.497 e. The molecule has 0 amide bonds. The van der Waals surface area contributed by atoms with Crippen LogP contribution in [0.4, 0.5) is 11.4 Å². The molecule has 2 aromatic carbocycles. The fourth-order valence-electron chi connectivity index (χ4n) is 1.32. The minimum atomic E-state index is 0.769. The van der Waals surface area contributed by atoms with Crippen LogP contribution in [0, 0.1) is 7.14 Å². The summed E-state index contributed by atoms with van der Waals surface area (Å²) in [4.78, 5) is 0. The van der Waals surface area contributed by atoms with Crippen molar-refractivity contribution >= 4 is 56.6 Å². The van der Waals surface area contributed by atoms with Gasteiger partial charge in [0.1, 0.15) is 11.5 Å². The highest BCUT2D eigenvalue weighted by molar-refractivity contribution is 14.1. The lowest BCUT2D eigenvalue weighted by molar-refractivity contribution is 0.412. The molecule has 0 atom stereocenters. The van der Waals surface area contributed by atoms with E-state index in [-0.39, 0.29) is 0 Å². The van der Waals surface area contributed by atoms with Crippen molar-refractivity contribution in [2.45, 2.75) is 0 Å². The summed E-state index contributed by atoms with van der Waals surface area (Å²) in [7, 11) is 3.29. The third-order valence-corrected chi connectivity index (χ3v) is 4.16. The van der Waals surface area contributed by atoms with Crippen LogP contribution in [0.25, 0.3) is 0 Å². The van der Waals surface area contributed by atoms with Crippen molar-refractivity contribution in [1.29, 1.82) is 0 Å². The Labute approximate surface area is 146 Å². The summed E-state index contributed by atoms with van der Waals surface area (Å²) in [5.74, 6) is 1.72. The van der Waals surface area contributed by atoms with Gasteiger partial charge in [0.15, 0.2) is 0 Å². The minimum absolute atomic E-state index is 0.769. The number of halogens is 2. The number of rotatable bonds is 2. The molecular weight excluding hydrogens is 482 g/mol. The van der Waals surface area contributed by atoms with Crippen molar-refractivity contribution in [2.24, 2.45) is 0 Å². The summed E-state index contributed by atoms with van der Waals surface area (Å²) in [6.07, 6.45) is 0. The lowest BCUT2D eigenvalue weighted by Crippen LogP contribution is -1.89. The fourth-order valence-corrected chi connectivity index (χ4v) is 2.56. The van der Waals surface area contributed by atoms with E-state index < -0.39 is 0 Å². The number of hydrogen-bond donors (Lipinski definition) is 2. The fraction of sp³-hybridized carbons (Fsp3) is 0.143. The van der Waals surface area contributed by atoms with Gasteiger partial charge in [-0.2, -0.15) is 0 Å². The number of nitrogens with two attached hydrogens (primary N) is 2. The van der Waals surface area contributed by atoms with Crippen molar-refractivity contribution in [2.75, 3.05) is 25.7 Å². The van der Waals surface area contributed by atoms with E-state index in [1.165, 1.54) is 0 Å². The van der Waals surface area contributed by atoms with Gasteiger partial charge in [-0.05, 0) is 81.6 Å². The van der Waals surface area contributed by atoms with Crippen LogP contribution in [-0.2, 0) is 0 Å². The number of hydrogen-bond acceptors (Lipinski definition) is 4. The van der Waals surface area contributed by atoms with Gasteiger partial charge in [-0.15, -0.1) is 0 Å². The predicted octanol–water partition coefficient (Wildman–Crippen LogP) is 3.76. The van der Waals surface area contributed by atoms with Crippen molar-refractivity contribution in [3.63, 3.8) is 0 Å². The Hall–Kier alpha value is -0.900. The Balaban J connectivity index is 0.000000200. The lowest BCUT2D eigenvalue weighted by Gasteiger charge is -2.02. The van der Waals surface area contributed by atoms with Crippen LogP contribution < -0.4 is 20.9 Å². The molecule has 0 aliphatic carbocycles. The molecule has 0 unspecified atom stereocenters. The standard InChI is InChI=1S/2C7H8INO/c1-10-5-2-3-7(9)6(8)4-5;1-10-7-3-2-5(9)4-6(7)8/h2*2-4H,9H2,1H3. The molecule has 6 heteroatoms. The van der Waals surface area contributed by atoms with Gasteiger partial charge in [-0.3, -0.25) is 0 Å². The molecule has 0 heterocycles. The van der Waals surface area contributed by atoms with Gasteiger partial charge in [0, 0.05) is 14.9 Å².